The number of carboxylic acids is 1. The van der Waals surface area contributed by atoms with E-state index >= 15 is 0 Å². The molecule has 0 bridgehead atoms. The Morgan fingerprint density at radius 3 is 2.27 bits per heavy atom. The number of hydrogen-bond donors (Lipinski definition) is 2. The molecule has 2 aromatic carbocycles. The molecule has 2 aromatic rings. The Morgan fingerprint density at radius 1 is 1.06 bits per heavy atom. The summed E-state index contributed by atoms with van der Waals surface area (Å²) in [4.78, 5) is 39.2. The Bertz CT molecular complexity index is 1050. The molecule has 8 heteroatoms. The van der Waals surface area contributed by atoms with E-state index in [2.05, 4.69) is 29.6 Å². The van der Waals surface area contributed by atoms with Crippen molar-refractivity contribution in [2.24, 2.45) is 0 Å². The highest BCUT2D eigenvalue weighted by Gasteiger charge is 2.50. The van der Waals surface area contributed by atoms with Crippen LogP contribution in [0.1, 0.15) is 36.3 Å². The molecular weight excluding hydrogens is 440 g/mol. The van der Waals surface area contributed by atoms with Gasteiger partial charge in [0.25, 0.3) is 0 Å². The molecule has 172 valence electrons. The summed E-state index contributed by atoms with van der Waals surface area (Å²) in [6, 6.07) is 15.4. The fourth-order valence-corrected chi connectivity index (χ4v) is 6.12. The molecule has 1 unspecified atom stereocenters. The van der Waals surface area contributed by atoms with Gasteiger partial charge in [0.2, 0.25) is 5.91 Å². The first-order valence-corrected chi connectivity index (χ1v) is 12.4. The second kappa shape index (κ2) is 8.74. The number of fused-ring (bicyclic) bond motifs is 3. The molecule has 0 aromatic heterocycles. The van der Waals surface area contributed by atoms with E-state index < -0.39 is 23.6 Å². The number of hydrogen-bond acceptors (Lipinski definition) is 5. The van der Waals surface area contributed by atoms with Crippen LogP contribution < -0.4 is 5.32 Å². The van der Waals surface area contributed by atoms with Gasteiger partial charge in [0.05, 0.1) is 0 Å². The predicted octanol–water partition coefficient (Wildman–Crippen LogP) is 3.48. The number of carboxylic acid groups (broad SMARTS) is 1. The van der Waals surface area contributed by atoms with Crippen LogP contribution in [0.2, 0.25) is 0 Å². The quantitative estimate of drug-likeness (QED) is 0.701. The van der Waals surface area contributed by atoms with Crippen molar-refractivity contribution in [3.05, 3.63) is 59.7 Å². The van der Waals surface area contributed by atoms with Gasteiger partial charge in [-0.05, 0) is 41.5 Å². The second-order valence-corrected chi connectivity index (χ2v) is 9.96. The average Bonchev–Trinajstić information content (AvgIpc) is 3.13. The van der Waals surface area contributed by atoms with Crippen molar-refractivity contribution in [1.29, 1.82) is 0 Å². The highest BCUT2D eigenvalue weighted by molar-refractivity contribution is 7.99. The zero-order valence-corrected chi connectivity index (χ0v) is 19.0. The number of thioether (sulfide) groups is 1. The van der Waals surface area contributed by atoms with Crippen LogP contribution in [0.25, 0.3) is 11.1 Å². The van der Waals surface area contributed by atoms with Gasteiger partial charge in [-0.3, -0.25) is 4.79 Å². The number of alkyl carbamates (subject to hydrolysis) is 1. The lowest BCUT2D eigenvalue weighted by molar-refractivity contribution is -0.154. The summed E-state index contributed by atoms with van der Waals surface area (Å²) in [5, 5.41) is 12.3. The van der Waals surface area contributed by atoms with Crippen molar-refractivity contribution in [3.8, 4) is 11.1 Å². The van der Waals surface area contributed by atoms with Crippen LogP contribution in [-0.2, 0) is 14.3 Å². The molecule has 5 rings (SSSR count). The third kappa shape index (κ3) is 3.86. The standard InChI is InChI=1S/C25H26N2O5S/c28-22(29)21-15-33-13-12-27(21)23(30)25(10-5-11-25)26-24(31)32-14-20-18-8-3-1-6-16(18)17-7-2-4-9-19(17)20/h1-4,6-9,20-21H,5,10-15H2,(H,26,31)(H,28,29). The highest BCUT2D eigenvalue weighted by Crippen LogP contribution is 2.44. The lowest BCUT2D eigenvalue weighted by atomic mass is 9.75. The first-order valence-electron chi connectivity index (χ1n) is 11.2. The van der Waals surface area contributed by atoms with Crippen LogP contribution in [-0.4, -0.2) is 64.2 Å². The van der Waals surface area contributed by atoms with Gasteiger partial charge >= 0.3 is 12.1 Å². The first-order chi connectivity index (χ1) is 16.0. The number of carbonyl (C=O) groups is 3. The van der Waals surface area contributed by atoms with Crippen molar-refractivity contribution in [2.45, 2.75) is 36.8 Å². The van der Waals surface area contributed by atoms with Crippen molar-refractivity contribution in [2.75, 3.05) is 24.7 Å². The molecule has 33 heavy (non-hydrogen) atoms. The Balaban J connectivity index is 1.28. The normalized spacial score (nSPS) is 20.8. The number of aliphatic carboxylic acids is 1. The van der Waals surface area contributed by atoms with Gasteiger partial charge in [-0.15, -0.1) is 0 Å². The molecule has 0 spiro atoms. The van der Waals surface area contributed by atoms with Crippen molar-refractivity contribution in [1.82, 2.24) is 10.2 Å². The number of nitrogens with zero attached hydrogens (tertiary/aromatic N) is 1. The Labute approximate surface area is 196 Å². The molecule has 1 saturated carbocycles. The van der Waals surface area contributed by atoms with Gasteiger partial charge in [-0.25, -0.2) is 9.59 Å². The summed E-state index contributed by atoms with van der Waals surface area (Å²) < 4.78 is 5.64. The first kappa shape index (κ1) is 21.8. The van der Waals surface area contributed by atoms with E-state index in [0.29, 0.717) is 30.9 Å². The minimum Gasteiger partial charge on any atom is -0.480 e. The SMILES string of the molecule is O=C(NC1(C(=O)N2CCSCC2C(=O)O)CCC1)OCC1c2ccccc2-c2ccccc21. The minimum atomic E-state index is -1.07. The summed E-state index contributed by atoms with van der Waals surface area (Å²) in [7, 11) is 0. The highest BCUT2D eigenvalue weighted by atomic mass is 32.2. The maximum absolute atomic E-state index is 13.3. The number of amides is 2. The Kier molecular flexibility index (Phi) is 5.78. The molecule has 1 heterocycles. The molecule has 7 nitrogen and oxygen atoms in total. The summed E-state index contributed by atoms with van der Waals surface area (Å²) in [6.45, 7) is 0.539. The van der Waals surface area contributed by atoms with Gasteiger partial charge in [0.15, 0.2) is 0 Å². The minimum absolute atomic E-state index is 0.0632. The van der Waals surface area contributed by atoms with Gasteiger partial charge in [0.1, 0.15) is 18.2 Å². The van der Waals surface area contributed by atoms with Crippen LogP contribution >= 0.6 is 11.8 Å². The van der Waals surface area contributed by atoms with E-state index in [1.807, 2.05) is 24.3 Å². The topological polar surface area (TPSA) is 95.9 Å². The molecule has 2 aliphatic carbocycles. The zero-order valence-electron chi connectivity index (χ0n) is 18.2. The third-order valence-corrected chi connectivity index (χ3v) is 8.00. The summed E-state index contributed by atoms with van der Waals surface area (Å²) in [5.41, 5.74) is 3.47. The van der Waals surface area contributed by atoms with Crippen LogP contribution in [0.3, 0.4) is 0 Å². The van der Waals surface area contributed by atoms with Gasteiger partial charge in [0, 0.05) is 24.0 Å². The van der Waals surface area contributed by atoms with Crippen LogP contribution in [0, 0.1) is 0 Å². The lowest BCUT2D eigenvalue weighted by Crippen LogP contribution is -2.66. The summed E-state index contributed by atoms with van der Waals surface area (Å²) in [6.07, 6.45) is 1.15. The average molecular weight is 467 g/mol. The monoisotopic (exact) mass is 466 g/mol. The predicted molar refractivity (Wildman–Crippen MR) is 125 cm³/mol. The van der Waals surface area contributed by atoms with Gasteiger partial charge in [-0.1, -0.05) is 48.5 Å². The zero-order chi connectivity index (χ0) is 23.0. The summed E-state index contributed by atoms with van der Waals surface area (Å²) >= 11 is 1.53. The molecule has 1 aliphatic heterocycles. The molecule has 1 saturated heterocycles. The smallest absolute Gasteiger partial charge is 0.408 e. The fraction of sp³-hybridized carbons (Fsp3) is 0.400. The molecule has 2 fully saturated rings. The number of ether oxygens (including phenoxy) is 1. The molecule has 0 radical (unpaired) electrons. The second-order valence-electron chi connectivity index (χ2n) is 8.81. The van der Waals surface area contributed by atoms with E-state index in [0.717, 1.165) is 28.7 Å². The number of rotatable bonds is 5. The van der Waals surface area contributed by atoms with Gasteiger partial charge in [-0.2, -0.15) is 11.8 Å². The largest absolute Gasteiger partial charge is 0.480 e. The lowest BCUT2D eigenvalue weighted by Gasteiger charge is -2.45. The maximum Gasteiger partial charge on any atom is 0.408 e. The molecule has 3 aliphatic rings. The Hall–Kier alpha value is -3.00. The maximum atomic E-state index is 13.3. The van der Waals surface area contributed by atoms with Crippen molar-refractivity contribution >= 4 is 29.7 Å². The number of nitrogens with one attached hydrogen (secondary N) is 1. The molecule has 2 N–H and O–H groups in total. The van der Waals surface area contributed by atoms with Crippen LogP contribution in [0.15, 0.2) is 48.5 Å². The van der Waals surface area contributed by atoms with Crippen LogP contribution in [0.5, 0.6) is 0 Å². The molecule has 1 atom stereocenters. The van der Waals surface area contributed by atoms with Crippen molar-refractivity contribution < 1.29 is 24.2 Å². The van der Waals surface area contributed by atoms with E-state index in [9.17, 15) is 19.5 Å². The molecule has 2 amide bonds. The van der Waals surface area contributed by atoms with E-state index in [1.165, 1.54) is 16.7 Å². The summed E-state index contributed by atoms with van der Waals surface area (Å²) in [5.74, 6) is -0.327. The Morgan fingerprint density at radius 2 is 1.70 bits per heavy atom. The number of benzene rings is 2. The third-order valence-electron chi connectivity index (χ3n) is 6.98. The van der Waals surface area contributed by atoms with E-state index in [4.69, 9.17) is 4.74 Å². The van der Waals surface area contributed by atoms with Crippen LogP contribution in [0.4, 0.5) is 4.79 Å². The fourth-order valence-electron chi connectivity index (χ4n) is 5.08. The van der Waals surface area contributed by atoms with Crippen molar-refractivity contribution in [3.63, 3.8) is 0 Å². The van der Waals surface area contributed by atoms with Gasteiger partial charge < -0.3 is 20.1 Å². The molecular formula is C25H26N2O5S. The number of carbonyl (C=O) groups excluding carboxylic acids is 2. The van der Waals surface area contributed by atoms with E-state index in [1.54, 1.807) is 0 Å². The van der Waals surface area contributed by atoms with E-state index in [-0.39, 0.29) is 18.4 Å².